The zero-order chi connectivity index (χ0) is 21.8. The molecule has 29 heavy (non-hydrogen) atoms. The third-order valence-corrected chi connectivity index (χ3v) is 4.49. The molecule has 3 N–H and O–H groups in total. The molecule has 0 amide bonds. The van der Waals surface area contributed by atoms with Crippen molar-refractivity contribution in [2.75, 3.05) is 0 Å². The van der Waals surface area contributed by atoms with E-state index in [1.165, 1.54) is 0 Å². The maximum atomic E-state index is 12.8. The number of benzene rings is 2. The maximum absolute atomic E-state index is 12.8. The van der Waals surface area contributed by atoms with Gasteiger partial charge in [-0.2, -0.15) is 0 Å². The summed E-state index contributed by atoms with van der Waals surface area (Å²) in [4.78, 5) is 23.7. The first-order valence-electron chi connectivity index (χ1n) is 8.88. The lowest BCUT2D eigenvalue weighted by atomic mass is 10.1. The molecule has 0 heterocycles. The minimum absolute atomic E-state index is 0.168. The molecule has 156 valence electrons. The Kier molecular flexibility index (Phi) is 7.52. The fourth-order valence-electron chi connectivity index (χ4n) is 2.52. The van der Waals surface area contributed by atoms with Crippen LogP contribution in [0.4, 0.5) is 0 Å². The van der Waals surface area contributed by atoms with Gasteiger partial charge >= 0.3 is 11.9 Å². The van der Waals surface area contributed by atoms with E-state index in [-0.39, 0.29) is 16.5 Å². The summed E-state index contributed by atoms with van der Waals surface area (Å²) in [5, 5.41) is 9.47. The van der Waals surface area contributed by atoms with Crippen molar-refractivity contribution >= 4 is 35.1 Å². The molecule has 0 aliphatic carbocycles. The van der Waals surface area contributed by atoms with Crippen molar-refractivity contribution in [1.29, 1.82) is 0 Å². The molecular weight excluding hydrogens is 417 g/mol. The van der Waals surface area contributed by atoms with Crippen molar-refractivity contribution in [3.63, 3.8) is 0 Å². The predicted octanol–water partition coefficient (Wildman–Crippen LogP) is 4.41. The average molecular weight is 440 g/mol. The quantitative estimate of drug-likeness (QED) is 0.619. The van der Waals surface area contributed by atoms with Crippen LogP contribution in [0.15, 0.2) is 42.5 Å². The molecule has 2 rings (SSSR count). The lowest BCUT2D eigenvalue weighted by Crippen LogP contribution is -2.32. The molecule has 2 aromatic rings. The van der Waals surface area contributed by atoms with Crippen molar-refractivity contribution in [1.82, 2.24) is 0 Å². The number of nitrogens with two attached hydrogens (primary N) is 1. The van der Waals surface area contributed by atoms with E-state index in [0.717, 1.165) is 5.56 Å². The summed E-state index contributed by atoms with van der Waals surface area (Å²) in [6.45, 7) is 5.24. The Bertz CT molecular complexity index is 857. The Balaban J connectivity index is 2.30. The van der Waals surface area contributed by atoms with Crippen LogP contribution in [0.3, 0.4) is 0 Å². The van der Waals surface area contributed by atoms with E-state index in [4.69, 9.17) is 43.5 Å². The molecule has 2 atom stereocenters. The fraction of sp³-hybridized carbons (Fsp3) is 0.333. The number of hydrogen-bond acceptors (Lipinski definition) is 5. The van der Waals surface area contributed by atoms with Crippen LogP contribution in [0.25, 0.3) is 0 Å². The second-order valence-corrected chi connectivity index (χ2v) is 8.27. The van der Waals surface area contributed by atoms with Crippen LogP contribution in [0.5, 0.6) is 5.75 Å². The van der Waals surface area contributed by atoms with Crippen LogP contribution in [0.2, 0.25) is 10.0 Å². The van der Waals surface area contributed by atoms with Gasteiger partial charge in [0, 0.05) is 15.6 Å². The van der Waals surface area contributed by atoms with Crippen LogP contribution in [-0.4, -0.2) is 28.7 Å². The number of ether oxygens (including phenoxy) is 2. The topological polar surface area (TPSA) is 98.9 Å². The van der Waals surface area contributed by atoms with Gasteiger partial charge in [0.05, 0.1) is 0 Å². The summed E-state index contributed by atoms with van der Waals surface area (Å²) in [5.74, 6) is -1.35. The molecule has 0 spiro atoms. The van der Waals surface area contributed by atoms with Gasteiger partial charge in [0.1, 0.15) is 17.4 Å². The third-order valence-electron chi connectivity index (χ3n) is 3.83. The summed E-state index contributed by atoms with van der Waals surface area (Å²) < 4.78 is 11.4. The minimum atomic E-state index is -1.18. The zero-order valence-electron chi connectivity index (χ0n) is 16.3. The summed E-state index contributed by atoms with van der Waals surface area (Å²) in [7, 11) is 0. The monoisotopic (exact) mass is 439 g/mol. The highest BCUT2D eigenvalue weighted by Gasteiger charge is 2.32. The number of hydrogen-bond donors (Lipinski definition) is 2. The molecule has 0 saturated carbocycles. The van der Waals surface area contributed by atoms with Crippen LogP contribution in [0.1, 0.15) is 38.0 Å². The summed E-state index contributed by atoms with van der Waals surface area (Å²) in [6, 6.07) is 10.5. The number of aliphatic carboxylic acids is 1. The van der Waals surface area contributed by atoms with Crippen molar-refractivity contribution in [2.45, 2.75) is 44.9 Å². The van der Waals surface area contributed by atoms with E-state index in [9.17, 15) is 9.59 Å². The van der Waals surface area contributed by atoms with Crippen molar-refractivity contribution in [3.8, 4) is 5.75 Å². The number of halogens is 2. The van der Waals surface area contributed by atoms with Crippen LogP contribution in [0, 0.1) is 0 Å². The van der Waals surface area contributed by atoms with Crippen molar-refractivity contribution in [3.05, 3.63) is 63.6 Å². The van der Waals surface area contributed by atoms with E-state index in [1.807, 2.05) is 0 Å². The molecule has 0 bridgehead atoms. The lowest BCUT2D eigenvalue weighted by Gasteiger charge is -2.25. The number of esters is 1. The molecule has 6 nitrogen and oxygen atoms in total. The molecule has 0 aliphatic heterocycles. The Hall–Kier alpha value is -2.28. The maximum Gasteiger partial charge on any atom is 0.352 e. The number of rotatable bonds is 7. The van der Waals surface area contributed by atoms with Gasteiger partial charge in [-0.3, -0.25) is 4.79 Å². The predicted molar refractivity (Wildman–Crippen MR) is 111 cm³/mol. The number of carboxylic acids is 1. The van der Waals surface area contributed by atoms with E-state index in [0.29, 0.717) is 11.3 Å². The first kappa shape index (κ1) is 23.0. The van der Waals surface area contributed by atoms with Gasteiger partial charge in [-0.15, -0.1) is 0 Å². The summed E-state index contributed by atoms with van der Waals surface area (Å²) >= 11 is 12.6. The van der Waals surface area contributed by atoms with E-state index >= 15 is 0 Å². The molecule has 0 aromatic heterocycles. The highest BCUT2D eigenvalue weighted by Crippen LogP contribution is 2.35. The van der Waals surface area contributed by atoms with Crippen LogP contribution >= 0.6 is 23.2 Å². The molecular formula is C21H23Cl2NO5. The van der Waals surface area contributed by atoms with Gasteiger partial charge in [-0.25, -0.2) is 4.79 Å². The second-order valence-electron chi connectivity index (χ2n) is 7.46. The zero-order valence-corrected chi connectivity index (χ0v) is 17.8. The highest BCUT2D eigenvalue weighted by molar-refractivity contribution is 6.36. The largest absolute Gasteiger partial charge is 0.480 e. The van der Waals surface area contributed by atoms with Crippen molar-refractivity contribution < 1.29 is 24.2 Å². The lowest BCUT2D eigenvalue weighted by molar-refractivity contribution is -0.163. The molecule has 0 radical (unpaired) electrons. The van der Waals surface area contributed by atoms with Crippen molar-refractivity contribution in [2.24, 2.45) is 5.73 Å². The van der Waals surface area contributed by atoms with E-state index in [2.05, 4.69) is 0 Å². The Morgan fingerprint density at radius 2 is 1.62 bits per heavy atom. The highest BCUT2D eigenvalue weighted by atomic mass is 35.5. The average Bonchev–Trinajstić information content (AvgIpc) is 2.60. The van der Waals surface area contributed by atoms with Gasteiger partial charge in [0.15, 0.2) is 0 Å². The first-order valence-corrected chi connectivity index (χ1v) is 9.64. The van der Waals surface area contributed by atoms with Gasteiger partial charge < -0.3 is 20.3 Å². The van der Waals surface area contributed by atoms with Crippen LogP contribution in [-0.2, 0) is 20.7 Å². The number of carboxylic acid groups (broad SMARTS) is 1. The SMILES string of the molecule is CC(C)(C)OC(=O)C(Oc1ccc(C[C@H](N)C(=O)O)cc1)c1c(Cl)cccc1Cl. The van der Waals surface area contributed by atoms with E-state index in [1.54, 1.807) is 63.2 Å². The van der Waals surface area contributed by atoms with Gasteiger partial charge in [-0.05, 0) is 57.0 Å². The first-order chi connectivity index (χ1) is 13.5. The molecule has 0 saturated heterocycles. The molecule has 8 heteroatoms. The molecule has 2 aromatic carbocycles. The molecule has 0 fully saturated rings. The molecule has 0 aliphatic rings. The normalized spacial score (nSPS) is 13.4. The number of carbonyl (C=O) groups excluding carboxylic acids is 1. The van der Waals surface area contributed by atoms with Gasteiger partial charge in [0.2, 0.25) is 6.10 Å². The van der Waals surface area contributed by atoms with Crippen LogP contribution < -0.4 is 10.5 Å². The number of carbonyl (C=O) groups is 2. The smallest absolute Gasteiger partial charge is 0.352 e. The third kappa shape index (κ3) is 6.63. The minimum Gasteiger partial charge on any atom is -0.480 e. The summed E-state index contributed by atoms with van der Waals surface area (Å²) in [5.41, 5.74) is 5.85. The Morgan fingerprint density at radius 1 is 1.07 bits per heavy atom. The van der Waals surface area contributed by atoms with E-state index < -0.39 is 29.7 Å². The Labute approximate surface area is 179 Å². The molecule has 1 unspecified atom stereocenters. The van der Waals surface area contributed by atoms with Gasteiger partial charge in [0.25, 0.3) is 0 Å². The standard InChI is InChI=1S/C21H23Cl2NO5/c1-21(2,3)29-20(27)18(17-14(22)5-4-6-15(17)23)28-13-9-7-12(8-10-13)11-16(24)19(25)26/h4-10,16,18H,11,24H2,1-3H3,(H,25,26)/t16-,18?/m0/s1. The fourth-order valence-corrected chi connectivity index (χ4v) is 3.12. The second kappa shape index (κ2) is 9.48. The summed E-state index contributed by atoms with van der Waals surface area (Å²) in [6.07, 6.45) is -1.01. The Morgan fingerprint density at radius 3 is 2.10 bits per heavy atom. The van der Waals surface area contributed by atoms with Gasteiger partial charge in [-0.1, -0.05) is 41.4 Å².